The Kier molecular flexibility index (Phi) is 5.16. The molecular weight excluding hydrogens is 500 g/mol. The average molecular weight is 523 g/mol. The van der Waals surface area contributed by atoms with Crippen molar-refractivity contribution in [3.8, 4) is 34.0 Å². The molecule has 0 saturated heterocycles. The Morgan fingerprint density at radius 2 is 1.29 bits per heavy atom. The van der Waals surface area contributed by atoms with Crippen molar-refractivity contribution in [2.24, 2.45) is 0 Å². The van der Waals surface area contributed by atoms with Crippen LogP contribution in [-0.4, -0.2) is 14.5 Å². The third-order valence-electron chi connectivity index (χ3n) is 7.88. The molecule has 8 aromatic rings. The first-order valence-corrected chi connectivity index (χ1v) is 13.5. The molecule has 0 spiro atoms. The van der Waals surface area contributed by atoms with E-state index in [0.717, 1.165) is 60.8 Å². The van der Waals surface area contributed by atoms with Gasteiger partial charge in [-0.1, -0.05) is 66.7 Å². The van der Waals surface area contributed by atoms with Crippen LogP contribution in [0.3, 0.4) is 0 Å². The number of rotatable bonds is 3. The molecule has 5 aromatic carbocycles. The minimum Gasteiger partial charge on any atom is -0.309 e. The van der Waals surface area contributed by atoms with E-state index in [4.69, 9.17) is 4.98 Å². The Bertz CT molecular complexity index is 2310. The van der Waals surface area contributed by atoms with Crippen LogP contribution in [0.5, 0.6) is 0 Å². The number of hydrogen-bond acceptors (Lipinski definition) is 3. The van der Waals surface area contributed by atoms with Crippen LogP contribution >= 0.6 is 0 Å². The lowest BCUT2D eigenvalue weighted by Crippen LogP contribution is -1.93. The van der Waals surface area contributed by atoms with Gasteiger partial charge < -0.3 is 4.57 Å². The van der Waals surface area contributed by atoms with Gasteiger partial charge in [0.05, 0.1) is 33.7 Å². The lowest BCUT2D eigenvalue weighted by atomic mass is 10.0. The molecule has 0 unspecified atom stereocenters. The highest BCUT2D eigenvalue weighted by atomic mass is 15.0. The molecule has 0 radical (unpaired) electrons. The van der Waals surface area contributed by atoms with Gasteiger partial charge in [0.2, 0.25) is 0 Å². The molecule has 0 aliphatic heterocycles. The summed E-state index contributed by atoms with van der Waals surface area (Å²) in [4.78, 5) is 9.43. The second kappa shape index (κ2) is 9.15. The van der Waals surface area contributed by atoms with E-state index in [9.17, 15) is 5.26 Å². The van der Waals surface area contributed by atoms with Gasteiger partial charge >= 0.3 is 0 Å². The molecule has 0 bridgehead atoms. The highest BCUT2D eigenvalue weighted by Crippen LogP contribution is 2.37. The highest BCUT2D eigenvalue weighted by molar-refractivity contribution is 6.11. The standard InChI is InChI=1S/C37H22N4/c38-22-24-8-10-25(11-9-24)28-14-16-32-33-20-27(15-17-34(33)41(35(32)21-28)31-6-2-1-3-7-31)30-19-29-13-12-26-5-4-18-39-36(26)37(29)40-23-30/h1-21,23H. The largest absolute Gasteiger partial charge is 0.309 e. The SMILES string of the molecule is N#Cc1ccc(-c2ccc3c4cc(-c5cnc6c(ccc7cccnc76)c5)ccc4n(-c4ccccc4)c3c2)cc1. The van der Waals surface area contributed by atoms with Crippen molar-refractivity contribution in [3.63, 3.8) is 0 Å². The maximum absolute atomic E-state index is 9.22. The predicted octanol–water partition coefficient (Wildman–Crippen LogP) is 9.09. The van der Waals surface area contributed by atoms with Crippen molar-refractivity contribution in [2.45, 2.75) is 0 Å². The van der Waals surface area contributed by atoms with Crippen LogP contribution < -0.4 is 0 Å². The van der Waals surface area contributed by atoms with Gasteiger partial charge in [0, 0.05) is 45.2 Å². The number of benzene rings is 5. The number of fused-ring (bicyclic) bond motifs is 6. The van der Waals surface area contributed by atoms with E-state index in [-0.39, 0.29) is 0 Å². The molecule has 0 amide bonds. The Balaban J connectivity index is 1.33. The molecule has 0 atom stereocenters. The van der Waals surface area contributed by atoms with Gasteiger partial charge in [-0.05, 0) is 71.3 Å². The fourth-order valence-corrected chi connectivity index (χ4v) is 5.87. The van der Waals surface area contributed by atoms with E-state index in [1.54, 1.807) is 0 Å². The van der Waals surface area contributed by atoms with Crippen molar-refractivity contribution in [2.75, 3.05) is 0 Å². The molecule has 0 saturated carbocycles. The van der Waals surface area contributed by atoms with E-state index < -0.39 is 0 Å². The molecule has 41 heavy (non-hydrogen) atoms. The fraction of sp³-hybridized carbons (Fsp3) is 0. The van der Waals surface area contributed by atoms with E-state index in [1.165, 1.54) is 10.8 Å². The third kappa shape index (κ3) is 3.76. The number of para-hydroxylation sites is 1. The molecule has 0 fully saturated rings. The first kappa shape index (κ1) is 23.1. The van der Waals surface area contributed by atoms with Crippen molar-refractivity contribution >= 4 is 43.6 Å². The summed E-state index contributed by atoms with van der Waals surface area (Å²) in [5.74, 6) is 0. The maximum Gasteiger partial charge on any atom is 0.0991 e. The maximum atomic E-state index is 9.22. The van der Waals surface area contributed by atoms with E-state index in [2.05, 4.69) is 101 Å². The molecule has 4 heteroatoms. The Labute approximate surface area is 236 Å². The summed E-state index contributed by atoms with van der Waals surface area (Å²) in [6.07, 6.45) is 3.78. The molecule has 0 aliphatic carbocycles. The van der Waals surface area contributed by atoms with Crippen LogP contribution in [-0.2, 0) is 0 Å². The van der Waals surface area contributed by atoms with Crippen molar-refractivity contribution in [3.05, 3.63) is 139 Å². The third-order valence-corrected chi connectivity index (χ3v) is 7.88. The normalized spacial score (nSPS) is 11.4. The zero-order chi connectivity index (χ0) is 27.3. The Hall–Kier alpha value is -5.79. The minimum atomic E-state index is 0.661. The molecule has 4 nitrogen and oxygen atoms in total. The smallest absolute Gasteiger partial charge is 0.0991 e. The number of nitriles is 1. The molecule has 3 aromatic heterocycles. The molecule has 190 valence electrons. The van der Waals surface area contributed by atoms with Gasteiger partial charge in [-0.25, -0.2) is 0 Å². The summed E-state index contributed by atoms with van der Waals surface area (Å²) in [7, 11) is 0. The van der Waals surface area contributed by atoms with Crippen LogP contribution in [0.4, 0.5) is 0 Å². The first-order valence-electron chi connectivity index (χ1n) is 13.5. The fourth-order valence-electron chi connectivity index (χ4n) is 5.87. The first-order chi connectivity index (χ1) is 20.3. The number of hydrogen-bond donors (Lipinski definition) is 0. The monoisotopic (exact) mass is 522 g/mol. The number of pyridine rings is 2. The molecule has 0 N–H and O–H groups in total. The van der Waals surface area contributed by atoms with E-state index >= 15 is 0 Å². The van der Waals surface area contributed by atoms with Gasteiger partial charge in [-0.2, -0.15) is 5.26 Å². The van der Waals surface area contributed by atoms with Gasteiger partial charge in [0.15, 0.2) is 0 Å². The summed E-state index contributed by atoms with van der Waals surface area (Å²) in [6.45, 7) is 0. The predicted molar refractivity (Wildman–Crippen MR) is 167 cm³/mol. The molecule has 0 aliphatic rings. The summed E-state index contributed by atoms with van der Waals surface area (Å²) >= 11 is 0. The summed E-state index contributed by atoms with van der Waals surface area (Å²) in [5.41, 5.74) is 10.3. The van der Waals surface area contributed by atoms with Gasteiger partial charge in [-0.3, -0.25) is 9.97 Å². The van der Waals surface area contributed by atoms with Crippen molar-refractivity contribution in [1.29, 1.82) is 5.26 Å². The van der Waals surface area contributed by atoms with Crippen LogP contribution in [0.1, 0.15) is 5.56 Å². The molecular formula is C37H22N4. The van der Waals surface area contributed by atoms with E-state index in [0.29, 0.717) is 5.56 Å². The van der Waals surface area contributed by atoms with Crippen molar-refractivity contribution < 1.29 is 0 Å². The van der Waals surface area contributed by atoms with Crippen LogP contribution in [0.2, 0.25) is 0 Å². The molecule has 3 heterocycles. The second-order valence-electron chi connectivity index (χ2n) is 10.3. The van der Waals surface area contributed by atoms with Gasteiger partial charge in [0.1, 0.15) is 0 Å². The average Bonchev–Trinajstić information content (AvgIpc) is 3.37. The highest BCUT2D eigenvalue weighted by Gasteiger charge is 2.15. The topological polar surface area (TPSA) is 54.5 Å². The number of aromatic nitrogens is 3. The molecule has 8 rings (SSSR count). The Morgan fingerprint density at radius 1 is 0.537 bits per heavy atom. The minimum absolute atomic E-state index is 0.661. The summed E-state index contributed by atoms with van der Waals surface area (Å²) in [6, 6.07) is 44.2. The second-order valence-corrected chi connectivity index (χ2v) is 10.3. The van der Waals surface area contributed by atoms with Crippen molar-refractivity contribution in [1.82, 2.24) is 14.5 Å². The van der Waals surface area contributed by atoms with Crippen LogP contribution in [0.25, 0.3) is 71.6 Å². The zero-order valence-corrected chi connectivity index (χ0v) is 22.0. The quantitative estimate of drug-likeness (QED) is 0.217. The van der Waals surface area contributed by atoms with Crippen LogP contribution in [0, 0.1) is 11.3 Å². The lowest BCUT2D eigenvalue weighted by molar-refractivity contribution is 1.18. The van der Waals surface area contributed by atoms with Crippen LogP contribution in [0.15, 0.2) is 134 Å². The van der Waals surface area contributed by atoms with Gasteiger partial charge in [-0.15, -0.1) is 0 Å². The van der Waals surface area contributed by atoms with Gasteiger partial charge in [0.25, 0.3) is 0 Å². The van der Waals surface area contributed by atoms with E-state index in [1.807, 2.05) is 48.8 Å². The summed E-state index contributed by atoms with van der Waals surface area (Å²) < 4.78 is 2.33. The summed E-state index contributed by atoms with van der Waals surface area (Å²) in [5, 5.41) is 13.8. The zero-order valence-electron chi connectivity index (χ0n) is 22.0. The Morgan fingerprint density at radius 3 is 2.15 bits per heavy atom. The number of nitrogens with zero attached hydrogens (tertiary/aromatic N) is 4. The lowest BCUT2D eigenvalue weighted by Gasteiger charge is -2.09.